The molecule has 9 heteroatoms. The number of aliphatic hydroxyl groups is 1. The normalized spacial score (nSPS) is 29.9. The highest BCUT2D eigenvalue weighted by Crippen LogP contribution is 2.59. The Kier molecular flexibility index (Phi) is 9.06. The zero-order valence-corrected chi connectivity index (χ0v) is 25.3. The van der Waals surface area contributed by atoms with Gasteiger partial charge in [-0.3, -0.25) is 9.59 Å². The van der Waals surface area contributed by atoms with Gasteiger partial charge in [-0.15, -0.1) is 0 Å². The van der Waals surface area contributed by atoms with E-state index in [1.807, 2.05) is 19.9 Å². The number of rotatable bonds is 12. The van der Waals surface area contributed by atoms with Gasteiger partial charge in [-0.2, -0.15) is 0 Å². The van der Waals surface area contributed by atoms with Gasteiger partial charge in [0, 0.05) is 36.1 Å². The van der Waals surface area contributed by atoms with Crippen molar-refractivity contribution >= 4 is 17.5 Å². The maximum atomic E-state index is 14.0. The van der Waals surface area contributed by atoms with Gasteiger partial charge in [-0.25, -0.2) is 4.79 Å². The molecule has 1 aromatic rings. The first kappa shape index (κ1) is 30.9. The number of benzene rings is 1. The average Bonchev–Trinajstić information content (AvgIpc) is 3.72. The number of carbonyl (C=O) groups excluding carboxylic acids is 3. The fraction of sp³-hybridized carbons (Fsp3) is 0.500. The van der Waals surface area contributed by atoms with Crippen LogP contribution in [0.4, 0.5) is 0 Å². The molecule has 2 heterocycles. The van der Waals surface area contributed by atoms with Crippen LogP contribution in [0.2, 0.25) is 0 Å². The summed E-state index contributed by atoms with van der Waals surface area (Å²) in [5.41, 5.74) is 4.96. The van der Waals surface area contributed by atoms with Crippen LogP contribution < -0.4 is 16.4 Å². The Balaban J connectivity index is 1.41. The van der Waals surface area contributed by atoms with E-state index in [1.54, 1.807) is 24.3 Å². The van der Waals surface area contributed by atoms with Gasteiger partial charge in [0.1, 0.15) is 0 Å². The molecule has 2 aliphatic heterocycles. The molecule has 0 spiro atoms. The summed E-state index contributed by atoms with van der Waals surface area (Å²) in [6.45, 7) is 7.24. The smallest absolute Gasteiger partial charge is 0.350 e. The van der Waals surface area contributed by atoms with E-state index in [0.717, 1.165) is 30.5 Å². The number of ketones is 2. The molecule has 0 bridgehead atoms. The zero-order chi connectivity index (χ0) is 30.8. The molecule has 0 amide bonds. The molecule has 2 aliphatic carbocycles. The number of nitrogens with one attached hydrogen (secondary N) is 2. The van der Waals surface area contributed by atoms with Gasteiger partial charge in [0.05, 0.1) is 19.0 Å². The fourth-order valence-corrected chi connectivity index (χ4v) is 6.71. The molecule has 43 heavy (non-hydrogen) atoms. The fourth-order valence-electron chi connectivity index (χ4n) is 6.71. The van der Waals surface area contributed by atoms with Crippen molar-refractivity contribution in [3.63, 3.8) is 0 Å². The Morgan fingerprint density at radius 1 is 1.19 bits per heavy atom. The molecule has 5 rings (SSSR count). The molecule has 1 aromatic carbocycles. The van der Waals surface area contributed by atoms with Crippen molar-refractivity contribution in [3.05, 3.63) is 82.2 Å². The van der Waals surface area contributed by atoms with Crippen molar-refractivity contribution in [3.8, 4) is 0 Å². The lowest BCUT2D eigenvalue weighted by atomic mass is 9.71. The summed E-state index contributed by atoms with van der Waals surface area (Å²) in [5.74, 6) is -0.841. The molecule has 0 aromatic heterocycles. The minimum atomic E-state index is -2.07. The van der Waals surface area contributed by atoms with Crippen molar-refractivity contribution in [2.24, 2.45) is 17.6 Å². The number of hydrogen-bond acceptors (Lipinski definition) is 9. The number of dihydropyridines is 1. The molecule has 0 saturated carbocycles. The molecule has 9 nitrogen and oxygen atoms in total. The predicted molar refractivity (Wildman–Crippen MR) is 163 cm³/mol. The van der Waals surface area contributed by atoms with Gasteiger partial charge in [0.2, 0.25) is 5.78 Å². The minimum absolute atomic E-state index is 0.0209. The van der Waals surface area contributed by atoms with E-state index < -0.39 is 28.7 Å². The van der Waals surface area contributed by atoms with E-state index in [4.69, 9.17) is 15.2 Å². The topological polar surface area (TPSA) is 143 Å². The number of epoxide rings is 1. The number of nitrogens with two attached hydrogens (primary N) is 1. The van der Waals surface area contributed by atoms with Gasteiger partial charge in [0.15, 0.2) is 11.4 Å². The van der Waals surface area contributed by atoms with Gasteiger partial charge < -0.3 is 30.9 Å². The number of carbonyl (C=O) groups is 3. The lowest BCUT2D eigenvalue weighted by Crippen LogP contribution is -2.51. The van der Waals surface area contributed by atoms with Crippen LogP contribution in [0.25, 0.3) is 0 Å². The number of allylic oxidation sites excluding steroid dienone is 4. The second-order valence-electron chi connectivity index (χ2n) is 12.0. The summed E-state index contributed by atoms with van der Waals surface area (Å²) in [4.78, 5) is 41.9. The molecular weight excluding hydrogens is 546 g/mol. The molecule has 1 saturated heterocycles. The Morgan fingerprint density at radius 2 is 1.93 bits per heavy atom. The highest BCUT2D eigenvalue weighted by molar-refractivity contribution is 6.32. The third-order valence-electron chi connectivity index (χ3n) is 9.40. The molecule has 4 aliphatic rings. The first-order valence-corrected chi connectivity index (χ1v) is 15.4. The predicted octanol–water partition coefficient (Wildman–Crippen LogP) is 3.51. The number of ether oxygens (including phenoxy) is 2. The highest BCUT2D eigenvalue weighted by atomic mass is 16.7. The van der Waals surface area contributed by atoms with Crippen LogP contribution in [0, 0.1) is 11.8 Å². The highest BCUT2D eigenvalue weighted by Gasteiger charge is 2.85. The summed E-state index contributed by atoms with van der Waals surface area (Å²) in [6.07, 6.45) is 11.3. The van der Waals surface area contributed by atoms with Crippen LogP contribution in [0.15, 0.2) is 71.1 Å². The first-order valence-electron chi connectivity index (χ1n) is 15.4. The number of esters is 1. The van der Waals surface area contributed by atoms with Crippen molar-refractivity contribution < 1.29 is 29.0 Å². The van der Waals surface area contributed by atoms with Crippen molar-refractivity contribution in [2.75, 3.05) is 26.3 Å². The number of aliphatic hydroxyl groups excluding tert-OH is 1. The molecular formula is C34H43N3O6. The Morgan fingerprint density at radius 3 is 2.60 bits per heavy atom. The van der Waals surface area contributed by atoms with Crippen molar-refractivity contribution in [1.29, 1.82) is 0 Å². The van der Waals surface area contributed by atoms with Crippen molar-refractivity contribution in [2.45, 2.75) is 70.1 Å². The van der Waals surface area contributed by atoms with Crippen molar-refractivity contribution in [1.82, 2.24) is 10.6 Å². The average molecular weight is 590 g/mol. The standard InChI is InChI=1S/C34H43N3O6/c1-4-22-12-13-28(36-5-2)24(16-22)20-42-32(41)34-31(40)27-9-7-6-8-26(27)30(39)33(34,43-34)18-25(19-38)21(3)10-11-23-14-15-37-29(35)17-23/h6-9,12-14,17,22,24,28,36-38H,4-5,10-11,15-16,18-20,35H2,1-3H3/b25-21-/t22-,24+,28-,33+,34+/m1/s1. The SMILES string of the molecule is CCN[C@@H]1C=C[C@@H](CC)C[C@H]1COC(=O)[C@]12O[C@@]1(C/C(CO)=C(\C)CCC1=CCNC(N)=C1)C(=O)c1ccccc1C2=O. The van der Waals surface area contributed by atoms with Gasteiger partial charge in [0.25, 0.3) is 5.60 Å². The summed E-state index contributed by atoms with van der Waals surface area (Å²) in [7, 11) is 0. The van der Waals surface area contributed by atoms with Crippen LogP contribution in [-0.2, 0) is 14.3 Å². The molecule has 230 valence electrons. The number of likely N-dealkylation sites (N-methyl/N-ethyl adjacent to an activating group) is 1. The van der Waals surface area contributed by atoms with Crippen LogP contribution in [-0.4, -0.2) is 66.2 Å². The van der Waals surface area contributed by atoms with Gasteiger partial charge >= 0.3 is 5.97 Å². The van der Waals surface area contributed by atoms with E-state index in [0.29, 0.717) is 36.7 Å². The molecule has 1 fully saturated rings. The second kappa shape index (κ2) is 12.6. The summed E-state index contributed by atoms with van der Waals surface area (Å²) >= 11 is 0. The van der Waals surface area contributed by atoms with E-state index in [-0.39, 0.29) is 42.7 Å². The first-order chi connectivity index (χ1) is 20.7. The Bertz CT molecular complexity index is 1410. The largest absolute Gasteiger partial charge is 0.463 e. The lowest BCUT2D eigenvalue weighted by Gasteiger charge is -2.32. The third-order valence-corrected chi connectivity index (χ3v) is 9.40. The molecule has 5 atom stereocenters. The maximum absolute atomic E-state index is 14.0. The van der Waals surface area contributed by atoms with Crippen LogP contribution in [0.3, 0.4) is 0 Å². The van der Waals surface area contributed by atoms with Crippen LogP contribution >= 0.6 is 0 Å². The zero-order valence-electron chi connectivity index (χ0n) is 25.3. The molecule has 0 unspecified atom stereocenters. The third kappa shape index (κ3) is 5.61. The second-order valence-corrected chi connectivity index (χ2v) is 12.0. The van der Waals surface area contributed by atoms with E-state index >= 15 is 0 Å². The van der Waals surface area contributed by atoms with Gasteiger partial charge in [-0.1, -0.05) is 61.9 Å². The van der Waals surface area contributed by atoms with Crippen LogP contribution in [0.5, 0.6) is 0 Å². The molecule has 0 radical (unpaired) electrons. The van der Waals surface area contributed by atoms with E-state index in [2.05, 4.69) is 35.8 Å². The minimum Gasteiger partial charge on any atom is -0.463 e. The summed E-state index contributed by atoms with van der Waals surface area (Å²) in [5, 5.41) is 16.9. The number of fused-ring (bicyclic) bond motifs is 2. The number of hydrogen-bond donors (Lipinski definition) is 4. The maximum Gasteiger partial charge on any atom is 0.350 e. The Labute approximate surface area is 253 Å². The lowest BCUT2D eigenvalue weighted by molar-refractivity contribution is -0.149. The summed E-state index contributed by atoms with van der Waals surface area (Å²) in [6, 6.07) is 6.53. The number of Topliss-reactive ketones (excluding diaryl/α,β-unsaturated/α-hetero) is 2. The quantitative estimate of drug-likeness (QED) is 0.125. The van der Waals surface area contributed by atoms with E-state index in [9.17, 15) is 19.5 Å². The van der Waals surface area contributed by atoms with Gasteiger partial charge in [-0.05, 0) is 62.3 Å². The Hall–Kier alpha value is -3.53. The monoisotopic (exact) mass is 589 g/mol. The van der Waals surface area contributed by atoms with Crippen LogP contribution in [0.1, 0.15) is 73.6 Å². The summed E-state index contributed by atoms with van der Waals surface area (Å²) < 4.78 is 12.0. The van der Waals surface area contributed by atoms with E-state index in [1.165, 1.54) is 0 Å². The molecule has 5 N–H and O–H groups in total.